The van der Waals surface area contributed by atoms with Gasteiger partial charge < -0.3 is 27.1 Å². The zero-order chi connectivity index (χ0) is 17.8. The van der Waals surface area contributed by atoms with E-state index in [4.69, 9.17) is 33.2 Å². The van der Waals surface area contributed by atoms with E-state index in [0.717, 1.165) is 32.5 Å². The molecule has 0 unspecified atom stereocenters. The molecule has 0 N–H and O–H groups in total. The van der Waals surface area contributed by atoms with Crippen molar-refractivity contribution in [2.45, 2.75) is 0 Å². The second kappa shape index (κ2) is 8.58. The van der Waals surface area contributed by atoms with Crippen LogP contribution in [-0.2, 0) is 0 Å². The molecule has 7 heteroatoms. The maximum Gasteiger partial charge on any atom is 0.454 e. The van der Waals surface area contributed by atoms with Crippen LogP contribution < -0.4 is 20.5 Å². The van der Waals surface area contributed by atoms with Crippen molar-refractivity contribution in [1.29, 1.82) is 0 Å². The fourth-order valence-electron chi connectivity index (χ4n) is 2.57. The van der Waals surface area contributed by atoms with Crippen LogP contribution in [0.1, 0.15) is 0 Å². The molecule has 0 aliphatic carbocycles. The van der Waals surface area contributed by atoms with Crippen molar-refractivity contribution in [1.82, 2.24) is 0 Å². The first-order valence-corrected chi connectivity index (χ1v) is 14.6. The fraction of sp³-hybridized carbons (Fsp3) is 0. The summed E-state index contributed by atoms with van der Waals surface area (Å²) in [5.74, 6) is 0. The third kappa shape index (κ3) is 4.58. The number of anilines is 3. The van der Waals surface area contributed by atoms with Gasteiger partial charge in [-0.15, -0.1) is 0 Å². The summed E-state index contributed by atoms with van der Waals surface area (Å²) in [6, 6.07) is 25.3. The van der Waals surface area contributed by atoms with E-state index in [9.17, 15) is 0 Å². The van der Waals surface area contributed by atoms with E-state index < -0.39 is 7.42 Å². The highest BCUT2D eigenvalue weighted by atomic mass is 35.7. The summed E-state index contributed by atoms with van der Waals surface area (Å²) < 4.78 is 0. The first-order chi connectivity index (χ1) is 12.1. The maximum atomic E-state index is 6.07. The number of hydrogen-bond donors (Lipinski definition) is 0. The molecule has 3 aromatic rings. The lowest BCUT2D eigenvalue weighted by Gasteiger charge is -2.26. The molecular weight excluding hydrogens is 421 g/mol. The van der Waals surface area contributed by atoms with E-state index >= 15 is 0 Å². The minimum absolute atomic E-state index is 0.192. The average molecular weight is 437 g/mol. The van der Waals surface area contributed by atoms with E-state index in [1.54, 1.807) is 0 Å². The molecule has 0 aromatic heterocycles. The van der Waals surface area contributed by atoms with Crippen LogP contribution in [0.15, 0.2) is 72.8 Å². The first-order valence-electron chi connectivity index (χ1n) is 7.77. The number of benzene rings is 3. The lowest BCUT2D eigenvalue weighted by Crippen LogP contribution is -2.19. The number of halogens is 3. The summed E-state index contributed by atoms with van der Waals surface area (Å²) in [4.78, 5) is 2.23. The van der Waals surface area contributed by atoms with Crippen molar-refractivity contribution in [3.05, 3.63) is 72.8 Å². The third-order valence-electron chi connectivity index (χ3n) is 3.91. The van der Waals surface area contributed by atoms with Crippen LogP contribution in [0.25, 0.3) is 0 Å². The molecule has 0 heterocycles. The molecule has 25 heavy (non-hydrogen) atoms. The minimum Gasteiger partial charge on any atom is -0.341 e. The summed E-state index contributed by atoms with van der Waals surface area (Å²) in [5, 5.41) is 3.55. The highest BCUT2D eigenvalue weighted by molar-refractivity contribution is 7.39. The van der Waals surface area contributed by atoms with E-state index in [0.29, 0.717) is 0 Å². The first kappa shape index (κ1) is 18.8. The van der Waals surface area contributed by atoms with Crippen LogP contribution in [0.4, 0.5) is 17.1 Å². The number of nitrogens with zero attached hydrogens (tertiary/aromatic N) is 1. The molecule has 0 radical (unpaired) electrons. The molecule has 3 aromatic carbocycles. The Kier molecular flexibility index (Phi) is 6.44. The van der Waals surface area contributed by atoms with E-state index in [-0.39, 0.29) is 8.83 Å². The van der Waals surface area contributed by atoms with Gasteiger partial charge in [0.05, 0.1) is 11.1 Å². The largest absolute Gasteiger partial charge is 0.454 e. The Morgan fingerprint density at radius 1 is 0.720 bits per heavy atom. The Morgan fingerprint density at radius 3 is 1.60 bits per heavy atom. The van der Waals surface area contributed by atoms with Gasteiger partial charge >= 0.3 is 8.83 Å². The molecule has 1 nitrogen and oxygen atoms in total. The van der Waals surface area contributed by atoms with E-state index in [2.05, 4.69) is 65.6 Å². The van der Waals surface area contributed by atoms with Gasteiger partial charge in [-0.2, -0.15) is 5.19 Å². The highest BCUT2D eigenvalue weighted by Crippen LogP contribution is 2.33. The minimum atomic E-state index is -1.48. The Hall–Kier alpha value is -1.02. The lowest BCUT2D eigenvalue weighted by molar-refractivity contribution is 1.29. The third-order valence-corrected chi connectivity index (χ3v) is 8.05. The highest BCUT2D eigenvalue weighted by Gasteiger charge is 2.13. The van der Waals surface area contributed by atoms with Crippen molar-refractivity contribution < 1.29 is 0 Å². The molecule has 0 bridgehead atoms. The van der Waals surface area contributed by atoms with Crippen molar-refractivity contribution in [3.63, 3.8) is 0 Å². The van der Waals surface area contributed by atoms with Gasteiger partial charge in [-0.05, 0) is 48.5 Å². The summed E-state index contributed by atoms with van der Waals surface area (Å²) in [7, 11) is -0.623. The van der Waals surface area contributed by atoms with Crippen LogP contribution in [0, 0.1) is 0 Å². The van der Waals surface area contributed by atoms with Crippen molar-refractivity contribution in [2.75, 3.05) is 4.90 Å². The zero-order valence-electron chi connectivity index (χ0n) is 13.6. The molecule has 3 rings (SSSR count). The van der Waals surface area contributed by atoms with E-state index in [1.165, 1.54) is 10.4 Å². The molecule has 0 saturated carbocycles. The topological polar surface area (TPSA) is 3.24 Å². The van der Waals surface area contributed by atoms with Crippen LogP contribution in [-0.4, -0.2) is 26.5 Å². The summed E-state index contributed by atoms with van der Waals surface area (Å²) >= 11 is 18.1. The van der Waals surface area contributed by atoms with Gasteiger partial charge in [0.2, 0.25) is 0 Å². The monoisotopic (exact) mass is 435 g/mol. The Bertz CT molecular complexity index is 822. The Balaban J connectivity index is 2.05. The second-order valence-corrected chi connectivity index (χ2v) is 12.3. The molecule has 0 atom stereocenters. The van der Waals surface area contributed by atoms with Gasteiger partial charge in [0.15, 0.2) is 0 Å². The van der Waals surface area contributed by atoms with Gasteiger partial charge in [0, 0.05) is 27.3 Å². The molecule has 0 spiro atoms. The molecule has 0 fully saturated rings. The van der Waals surface area contributed by atoms with Gasteiger partial charge in [0.1, 0.15) is 5.19 Å². The van der Waals surface area contributed by atoms with Gasteiger partial charge in [-0.1, -0.05) is 36.9 Å². The van der Waals surface area contributed by atoms with E-state index in [1.807, 2.05) is 12.1 Å². The zero-order valence-corrected chi connectivity index (χ0v) is 20.0. The maximum absolute atomic E-state index is 6.07. The van der Waals surface area contributed by atoms with Crippen LogP contribution >= 0.6 is 33.2 Å². The van der Waals surface area contributed by atoms with Crippen LogP contribution in [0.2, 0.25) is 0 Å². The summed E-state index contributed by atoms with van der Waals surface area (Å²) in [5.41, 5.74) is 3.30. The molecular formula is C18H16Cl3NSi3. The van der Waals surface area contributed by atoms with Gasteiger partial charge in [-0.3, -0.25) is 0 Å². The molecule has 0 aliphatic heterocycles. The lowest BCUT2D eigenvalue weighted by atomic mass is 10.2. The standard InChI is InChI=1S/C18H16Cl3NSi3/c19-24-17-9-3-14(4-10-17)22(13-1-7-16(23)8-2-13)15-5-11-18(12-6-15)25(20)21/h1-12,24H,23H3. The van der Waals surface area contributed by atoms with Crippen molar-refractivity contribution >= 4 is 92.3 Å². The summed E-state index contributed by atoms with van der Waals surface area (Å²) in [6.45, 7) is 0. The molecule has 0 saturated heterocycles. The molecule has 0 amide bonds. The Labute approximate surface area is 169 Å². The SMILES string of the molecule is [SiH3]c1ccc(N(c2ccc([SiH+]Cl)cc2)c2ccc([Si-](Cl)Cl)cc2)cc1. The normalized spacial score (nSPS) is 10.5. The predicted molar refractivity (Wildman–Crippen MR) is 120 cm³/mol. The quantitative estimate of drug-likeness (QED) is 0.439. The van der Waals surface area contributed by atoms with Crippen molar-refractivity contribution in [2.24, 2.45) is 0 Å². The molecule has 126 valence electrons. The predicted octanol–water partition coefficient (Wildman–Crippen LogP) is 2.54. The van der Waals surface area contributed by atoms with Crippen molar-refractivity contribution in [3.8, 4) is 0 Å². The van der Waals surface area contributed by atoms with Crippen LogP contribution in [0.5, 0.6) is 0 Å². The Morgan fingerprint density at radius 2 is 1.16 bits per heavy atom. The summed E-state index contributed by atoms with van der Waals surface area (Å²) in [6.07, 6.45) is 0. The average Bonchev–Trinajstić information content (AvgIpc) is 2.64. The van der Waals surface area contributed by atoms with Gasteiger partial charge in [0.25, 0.3) is 0 Å². The molecule has 0 aliphatic rings. The van der Waals surface area contributed by atoms with Gasteiger partial charge in [-0.25, -0.2) is 0 Å². The van der Waals surface area contributed by atoms with Crippen LogP contribution in [0.3, 0.4) is 0 Å². The number of rotatable bonds is 5. The number of hydrogen-bond acceptors (Lipinski definition) is 1. The smallest absolute Gasteiger partial charge is 0.341 e. The fourth-order valence-corrected chi connectivity index (χ4v) is 4.86. The second-order valence-electron chi connectivity index (χ2n) is 5.68.